The van der Waals surface area contributed by atoms with Gasteiger partial charge in [0, 0.05) is 35.3 Å². The minimum absolute atomic E-state index is 0.152. The SMILES string of the molecule is CC1(C)COCCN1CCNc1ccc(Br)cc1. The molecule has 1 aromatic rings. The fraction of sp³-hybridized carbons (Fsp3) is 0.571. The number of nitrogens with one attached hydrogen (secondary N) is 1. The van der Waals surface area contributed by atoms with Gasteiger partial charge in [0.1, 0.15) is 0 Å². The third kappa shape index (κ3) is 3.70. The number of nitrogens with zero attached hydrogens (tertiary/aromatic N) is 1. The fourth-order valence-electron chi connectivity index (χ4n) is 2.21. The molecule has 1 aromatic carbocycles. The number of benzene rings is 1. The van der Waals surface area contributed by atoms with Crippen LogP contribution < -0.4 is 5.32 Å². The van der Waals surface area contributed by atoms with Crippen LogP contribution in [0.15, 0.2) is 28.7 Å². The standard InChI is InChI=1S/C14H21BrN2O/c1-14(2)11-18-10-9-17(14)8-7-16-13-5-3-12(15)4-6-13/h3-6,16H,7-11H2,1-2H3. The Bertz CT molecular complexity index is 378. The zero-order chi connectivity index (χ0) is 13.0. The summed E-state index contributed by atoms with van der Waals surface area (Å²) < 4.78 is 6.64. The summed E-state index contributed by atoms with van der Waals surface area (Å²) in [5.41, 5.74) is 1.32. The summed E-state index contributed by atoms with van der Waals surface area (Å²) >= 11 is 3.44. The maximum atomic E-state index is 5.53. The van der Waals surface area contributed by atoms with Crippen LogP contribution in [0.4, 0.5) is 5.69 Å². The largest absolute Gasteiger partial charge is 0.384 e. The van der Waals surface area contributed by atoms with Crippen LogP contribution in [-0.2, 0) is 4.74 Å². The van der Waals surface area contributed by atoms with E-state index in [-0.39, 0.29) is 5.54 Å². The number of halogens is 1. The highest BCUT2D eigenvalue weighted by atomic mass is 79.9. The smallest absolute Gasteiger partial charge is 0.0645 e. The van der Waals surface area contributed by atoms with E-state index < -0.39 is 0 Å². The average Bonchev–Trinajstić information content (AvgIpc) is 2.33. The van der Waals surface area contributed by atoms with E-state index in [0.717, 1.165) is 37.3 Å². The van der Waals surface area contributed by atoms with Gasteiger partial charge in [-0.05, 0) is 38.1 Å². The first kappa shape index (κ1) is 13.8. The molecule has 0 spiro atoms. The number of hydrogen-bond donors (Lipinski definition) is 1. The van der Waals surface area contributed by atoms with Crippen molar-refractivity contribution in [3.63, 3.8) is 0 Å². The van der Waals surface area contributed by atoms with E-state index in [1.54, 1.807) is 0 Å². The molecule has 0 atom stereocenters. The van der Waals surface area contributed by atoms with E-state index in [1.165, 1.54) is 5.69 Å². The molecule has 18 heavy (non-hydrogen) atoms. The summed E-state index contributed by atoms with van der Waals surface area (Å²) in [5.74, 6) is 0. The fourth-order valence-corrected chi connectivity index (χ4v) is 2.47. The molecule has 1 aliphatic rings. The van der Waals surface area contributed by atoms with Crippen molar-refractivity contribution in [1.29, 1.82) is 0 Å². The Morgan fingerprint density at radius 3 is 2.72 bits per heavy atom. The molecule has 3 nitrogen and oxygen atoms in total. The molecular weight excluding hydrogens is 292 g/mol. The predicted molar refractivity (Wildman–Crippen MR) is 79.1 cm³/mol. The Balaban J connectivity index is 1.79. The van der Waals surface area contributed by atoms with E-state index in [4.69, 9.17) is 4.74 Å². The molecule has 1 fully saturated rings. The Hall–Kier alpha value is -0.580. The highest BCUT2D eigenvalue weighted by Crippen LogP contribution is 2.18. The number of hydrogen-bond acceptors (Lipinski definition) is 3. The number of anilines is 1. The molecular formula is C14H21BrN2O. The van der Waals surface area contributed by atoms with Gasteiger partial charge in [0.25, 0.3) is 0 Å². The van der Waals surface area contributed by atoms with E-state index in [0.29, 0.717) is 0 Å². The minimum Gasteiger partial charge on any atom is -0.384 e. The highest BCUT2D eigenvalue weighted by Gasteiger charge is 2.29. The Morgan fingerprint density at radius 1 is 1.33 bits per heavy atom. The molecule has 4 heteroatoms. The van der Waals surface area contributed by atoms with Crippen LogP contribution in [0.25, 0.3) is 0 Å². The van der Waals surface area contributed by atoms with Crippen molar-refractivity contribution in [2.75, 3.05) is 38.2 Å². The van der Waals surface area contributed by atoms with Gasteiger partial charge in [0.2, 0.25) is 0 Å². The average molecular weight is 313 g/mol. The minimum atomic E-state index is 0.152. The van der Waals surface area contributed by atoms with Crippen molar-refractivity contribution in [3.8, 4) is 0 Å². The summed E-state index contributed by atoms with van der Waals surface area (Å²) in [6.45, 7) is 9.19. The molecule has 0 saturated carbocycles. The Labute approximate surface area is 118 Å². The second-order valence-corrected chi connectivity index (χ2v) is 6.20. The number of morpholine rings is 1. The second-order valence-electron chi connectivity index (χ2n) is 5.29. The summed E-state index contributed by atoms with van der Waals surface area (Å²) in [4.78, 5) is 2.49. The van der Waals surface area contributed by atoms with Crippen LogP contribution in [0.3, 0.4) is 0 Å². The quantitative estimate of drug-likeness (QED) is 0.925. The molecule has 1 aliphatic heterocycles. The van der Waals surface area contributed by atoms with E-state index in [9.17, 15) is 0 Å². The number of ether oxygens (including phenoxy) is 1. The van der Waals surface area contributed by atoms with Crippen LogP contribution in [0.5, 0.6) is 0 Å². The zero-order valence-electron chi connectivity index (χ0n) is 11.1. The molecule has 0 unspecified atom stereocenters. The van der Waals surface area contributed by atoms with Gasteiger partial charge < -0.3 is 10.1 Å². The van der Waals surface area contributed by atoms with E-state index in [2.05, 4.69) is 64.3 Å². The lowest BCUT2D eigenvalue weighted by atomic mass is 10.0. The van der Waals surface area contributed by atoms with Gasteiger partial charge in [0.05, 0.1) is 13.2 Å². The first-order valence-electron chi connectivity index (χ1n) is 6.40. The summed E-state index contributed by atoms with van der Waals surface area (Å²) in [7, 11) is 0. The Morgan fingerprint density at radius 2 is 2.06 bits per heavy atom. The van der Waals surface area contributed by atoms with Crippen LogP contribution in [0.1, 0.15) is 13.8 Å². The van der Waals surface area contributed by atoms with Crippen LogP contribution in [0, 0.1) is 0 Å². The van der Waals surface area contributed by atoms with Gasteiger partial charge >= 0.3 is 0 Å². The first-order valence-corrected chi connectivity index (χ1v) is 7.19. The second kappa shape index (κ2) is 6.04. The van der Waals surface area contributed by atoms with E-state index >= 15 is 0 Å². The summed E-state index contributed by atoms with van der Waals surface area (Å²) in [6, 6.07) is 8.30. The van der Waals surface area contributed by atoms with Gasteiger partial charge in [-0.15, -0.1) is 0 Å². The van der Waals surface area contributed by atoms with Gasteiger partial charge in [-0.25, -0.2) is 0 Å². The molecule has 100 valence electrons. The lowest BCUT2D eigenvalue weighted by molar-refractivity contribution is -0.0487. The predicted octanol–water partition coefficient (Wildman–Crippen LogP) is 2.97. The first-order chi connectivity index (χ1) is 8.58. The molecule has 1 heterocycles. The normalized spacial score (nSPS) is 19.7. The van der Waals surface area contributed by atoms with Crippen LogP contribution in [0.2, 0.25) is 0 Å². The molecule has 2 rings (SSSR count). The van der Waals surface area contributed by atoms with Crippen LogP contribution >= 0.6 is 15.9 Å². The third-order valence-corrected chi connectivity index (χ3v) is 3.90. The summed E-state index contributed by atoms with van der Waals surface area (Å²) in [6.07, 6.45) is 0. The van der Waals surface area contributed by atoms with Crippen molar-refractivity contribution >= 4 is 21.6 Å². The van der Waals surface area contributed by atoms with Crippen molar-refractivity contribution in [1.82, 2.24) is 4.90 Å². The van der Waals surface area contributed by atoms with Crippen molar-refractivity contribution < 1.29 is 4.74 Å². The lowest BCUT2D eigenvalue weighted by Crippen LogP contribution is -2.54. The van der Waals surface area contributed by atoms with Crippen molar-refractivity contribution in [2.45, 2.75) is 19.4 Å². The molecule has 0 radical (unpaired) electrons. The van der Waals surface area contributed by atoms with Gasteiger partial charge in [-0.2, -0.15) is 0 Å². The topological polar surface area (TPSA) is 24.5 Å². The third-order valence-electron chi connectivity index (χ3n) is 3.37. The van der Waals surface area contributed by atoms with Gasteiger partial charge in [-0.1, -0.05) is 15.9 Å². The molecule has 0 aliphatic carbocycles. The van der Waals surface area contributed by atoms with Crippen LogP contribution in [-0.4, -0.2) is 43.3 Å². The molecule has 0 amide bonds. The molecule has 0 aromatic heterocycles. The van der Waals surface area contributed by atoms with Crippen molar-refractivity contribution in [3.05, 3.63) is 28.7 Å². The molecule has 1 N–H and O–H groups in total. The lowest BCUT2D eigenvalue weighted by Gasteiger charge is -2.42. The van der Waals surface area contributed by atoms with Gasteiger partial charge in [0.15, 0.2) is 0 Å². The molecule has 0 bridgehead atoms. The summed E-state index contributed by atoms with van der Waals surface area (Å²) in [5, 5.41) is 3.45. The van der Waals surface area contributed by atoms with Gasteiger partial charge in [-0.3, -0.25) is 4.90 Å². The number of rotatable bonds is 4. The van der Waals surface area contributed by atoms with E-state index in [1.807, 2.05) is 0 Å². The molecule has 1 saturated heterocycles. The monoisotopic (exact) mass is 312 g/mol. The van der Waals surface area contributed by atoms with Crippen molar-refractivity contribution in [2.24, 2.45) is 0 Å². The zero-order valence-corrected chi connectivity index (χ0v) is 12.7. The Kier molecular flexibility index (Phi) is 4.65. The maximum Gasteiger partial charge on any atom is 0.0645 e. The highest BCUT2D eigenvalue weighted by molar-refractivity contribution is 9.10. The maximum absolute atomic E-state index is 5.53.